The molecular weight excluding hydrogens is 500 g/mol. The molecule has 0 amide bonds. The summed E-state index contributed by atoms with van der Waals surface area (Å²) in [7, 11) is 8.05. The first kappa shape index (κ1) is 28.2. The molecule has 0 bridgehead atoms. The molecule has 40 heavy (non-hydrogen) atoms. The maximum atomic E-state index is 4.55. The Morgan fingerprint density at radius 3 is 1.77 bits per heavy atom. The largest absolute Gasteiger partial charge is 0.376 e. The zero-order valence-electron chi connectivity index (χ0n) is 24.4. The van der Waals surface area contributed by atoms with Crippen molar-refractivity contribution < 1.29 is 0 Å². The van der Waals surface area contributed by atoms with E-state index in [1.165, 1.54) is 11.1 Å². The lowest BCUT2D eigenvalue weighted by molar-refractivity contribution is 1.08. The molecule has 0 aliphatic carbocycles. The molecule has 0 spiro atoms. The van der Waals surface area contributed by atoms with Gasteiger partial charge in [0.05, 0.1) is 35.2 Å². The Labute approximate surface area is 235 Å². The lowest BCUT2D eigenvalue weighted by Crippen LogP contribution is -2.10. The minimum Gasteiger partial charge on any atom is -0.376 e. The van der Waals surface area contributed by atoms with Gasteiger partial charge in [0.25, 0.3) is 0 Å². The molecule has 10 heteroatoms. The summed E-state index contributed by atoms with van der Waals surface area (Å²) in [6.45, 7) is 8.16. The summed E-state index contributed by atoms with van der Waals surface area (Å²) in [5, 5.41) is 0. The maximum Gasteiger partial charge on any atom is 0.234 e. The monoisotopic (exact) mass is 536 g/mol. The van der Waals surface area contributed by atoms with Crippen molar-refractivity contribution >= 4 is 22.8 Å². The summed E-state index contributed by atoms with van der Waals surface area (Å²) in [4.78, 5) is 30.4. The number of anilines is 2. The van der Waals surface area contributed by atoms with Crippen LogP contribution < -0.4 is 9.80 Å². The first-order valence-electron chi connectivity index (χ1n) is 13.2. The fourth-order valence-corrected chi connectivity index (χ4v) is 4.23. The molecule has 6 aromatic rings. The third-order valence-electron chi connectivity index (χ3n) is 6.15. The third kappa shape index (κ3) is 6.06. The second-order valence-corrected chi connectivity index (χ2v) is 9.43. The van der Waals surface area contributed by atoms with Gasteiger partial charge in [-0.05, 0) is 49.2 Å². The highest BCUT2D eigenvalue weighted by Crippen LogP contribution is 2.24. The van der Waals surface area contributed by atoms with Crippen LogP contribution in [0.3, 0.4) is 0 Å². The van der Waals surface area contributed by atoms with Gasteiger partial charge in [-0.25, -0.2) is 19.9 Å². The number of nitrogens with zero attached hydrogens (tertiary/aromatic N) is 10. The Kier molecular flexibility index (Phi) is 8.68. The van der Waals surface area contributed by atoms with Crippen LogP contribution in [0.2, 0.25) is 0 Å². The van der Waals surface area contributed by atoms with Crippen LogP contribution in [0.1, 0.15) is 25.0 Å². The van der Waals surface area contributed by atoms with Crippen molar-refractivity contribution in [3.8, 4) is 22.8 Å². The summed E-state index contributed by atoms with van der Waals surface area (Å²) >= 11 is 0. The van der Waals surface area contributed by atoms with Gasteiger partial charge in [0.2, 0.25) is 5.78 Å². The molecule has 0 atom stereocenters. The van der Waals surface area contributed by atoms with E-state index in [0.29, 0.717) is 5.78 Å². The number of hydrogen-bond acceptors (Lipinski definition) is 8. The van der Waals surface area contributed by atoms with E-state index in [4.69, 9.17) is 0 Å². The third-order valence-corrected chi connectivity index (χ3v) is 6.15. The first-order valence-corrected chi connectivity index (χ1v) is 13.2. The number of hydrogen-bond donors (Lipinski definition) is 0. The van der Waals surface area contributed by atoms with Crippen LogP contribution >= 0.6 is 0 Å². The Bertz CT molecular complexity index is 1520. The second kappa shape index (κ2) is 12.3. The van der Waals surface area contributed by atoms with Crippen LogP contribution in [-0.2, 0) is 0 Å². The molecule has 0 aliphatic rings. The fourth-order valence-electron chi connectivity index (χ4n) is 4.23. The zero-order valence-corrected chi connectivity index (χ0v) is 24.4. The van der Waals surface area contributed by atoms with Crippen LogP contribution in [0.4, 0.5) is 11.4 Å². The van der Waals surface area contributed by atoms with Gasteiger partial charge in [0.15, 0.2) is 0 Å². The minimum absolute atomic E-state index is 0.689. The average Bonchev–Trinajstić information content (AvgIpc) is 3.59. The molecule has 0 fully saturated rings. The maximum absolute atomic E-state index is 4.55. The number of pyridine rings is 2. The molecule has 0 unspecified atom stereocenters. The van der Waals surface area contributed by atoms with Crippen molar-refractivity contribution in [3.63, 3.8) is 0 Å². The lowest BCUT2D eigenvalue weighted by atomic mass is 10.2. The van der Waals surface area contributed by atoms with Gasteiger partial charge in [-0.1, -0.05) is 13.8 Å². The molecule has 0 aromatic carbocycles. The molecule has 0 N–H and O–H groups in total. The number of imidazole rings is 2. The highest BCUT2D eigenvalue weighted by atomic mass is 15.1. The van der Waals surface area contributed by atoms with Gasteiger partial charge in [0, 0.05) is 59.2 Å². The van der Waals surface area contributed by atoms with Crippen molar-refractivity contribution in [2.45, 2.75) is 27.7 Å². The molecule has 10 nitrogen and oxygen atoms in total. The van der Waals surface area contributed by atoms with Gasteiger partial charge in [-0.2, -0.15) is 0 Å². The van der Waals surface area contributed by atoms with E-state index < -0.39 is 0 Å². The van der Waals surface area contributed by atoms with E-state index in [0.717, 1.165) is 39.8 Å². The summed E-state index contributed by atoms with van der Waals surface area (Å²) in [5.74, 6) is 0.689. The van der Waals surface area contributed by atoms with E-state index in [-0.39, 0.29) is 0 Å². The number of aryl methyl sites for hydroxylation is 2. The van der Waals surface area contributed by atoms with Gasteiger partial charge >= 0.3 is 0 Å². The molecule has 0 saturated carbocycles. The smallest absolute Gasteiger partial charge is 0.234 e. The molecule has 0 radical (unpaired) electrons. The number of fused-ring (bicyclic) bond motifs is 2. The molecule has 6 rings (SSSR count). The van der Waals surface area contributed by atoms with E-state index in [9.17, 15) is 0 Å². The lowest BCUT2D eigenvalue weighted by Gasteiger charge is -2.15. The van der Waals surface area contributed by atoms with Crippen LogP contribution in [0.25, 0.3) is 34.2 Å². The molecule has 6 aromatic heterocycles. The predicted octanol–water partition coefficient (Wildman–Crippen LogP) is 5.36. The standard InChI is InChI=1S/2C14H15N5.C2H6/c1-10-6-11(16-7-13(10)18(2)3)12-8-19-9-15-5-4-14(19)17-12;1-10-7-11(16-8-13(10)18(2)3)12-9-19-6-4-5-15-14(19)17-12;1-2/h2*4-9H,1-3H3;1-2H3. The van der Waals surface area contributed by atoms with Crippen LogP contribution in [0.15, 0.2) is 74.0 Å². The number of aromatic nitrogens is 8. The zero-order chi connectivity index (χ0) is 28.8. The van der Waals surface area contributed by atoms with Gasteiger partial charge in [0.1, 0.15) is 23.4 Å². The Hall–Kier alpha value is -4.86. The number of rotatable bonds is 4. The Morgan fingerprint density at radius 1 is 0.675 bits per heavy atom. The summed E-state index contributed by atoms with van der Waals surface area (Å²) in [6, 6.07) is 7.87. The van der Waals surface area contributed by atoms with E-state index in [1.54, 1.807) is 18.7 Å². The Balaban J connectivity index is 0.000000174. The van der Waals surface area contributed by atoms with Gasteiger partial charge < -0.3 is 9.80 Å². The van der Waals surface area contributed by atoms with E-state index in [1.807, 2.05) is 94.0 Å². The fraction of sp³-hybridized carbons (Fsp3) is 0.267. The Morgan fingerprint density at radius 2 is 1.25 bits per heavy atom. The van der Waals surface area contributed by atoms with E-state index in [2.05, 4.69) is 65.7 Å². The summed E-state index contributed by atoms with van der Waals surface area (Å²) < 4.78 is 3.79. The van der Waals surface area contributed by atoms with Crippen LogP contribution in [0, 0.1) is 13.8 Å². The minimum atomic E-state index is 0.689. The molecule has 0 aliphatic heterocycles. The topological polar surface area (TPSA) is 92.6 Å². The predicted molar refractivity (Wildman–Crippen MR) is 162 cm³/mol. The normalized spacial score (nSPS) is 10.5. The molecule has 0 saturated heterocycles. The van der Waals surface area contributed by atoms with Crippen molar-refractivity contribution in [1.29, 1.82) is 0 Å². The molecular formula is C30H36N10. The van der Waals surface area contributed by atoms with Gasteiger partial charge in [-0.3, -0.25) is 18.8 Å². The molecule has 6 heterocycles. The van der Waals surface area contributed by atoms with Crippen molar-refractivity contribution in [3.05, 3.63) is 85.1 Å². The highest BCUT2D eigenvalue weighted by molar-refractivity contribution is 5.64. The second-order valence-electron chi connectivity index (χ2n) is 9.43. The molecule has 206 valence electrons. The summed E-state index contributed by atoms with van der Waals surface area (Å²) in [6.07, 6.45) is 14.8. The first-order chi connectivity index (χ1) is 19.3. The van der Waals surface area contributed by atoms with Crippen LogP contribution in [-0.4, -0.2) is 66.9 Å². The highest BCUT2D eigenvalue weighted by Gasteiger charge is 2.10. The van der Waals surface area contributed by atoms with Gasteiger partial charge in [-0.15, -0.1) is 0 Å². The average molecular weight is 537 g/mol. The quantitative estimate of drug-likeness (QED) is 0.297. The van der Waals surface area contributed by atoms with Crippen molar-refractivity contribution in [1.82, 2.24) is 38.7 Å². The SMILES string of the molecule is CC.Cc1cc(-c2cn3cccnc3n2)ncc1N(C)C.Cc1cc(-c2cn3cnccc3n2)ncc1N(C)C. The summed E-state index contributed by atoms with van der Waals surface area (Å²) in [5.41, 5.74) is 8.93. The van der Waals surface area contributed by atoms with Crippen molar-refractivity contribution in [2.24, 2.45) is 0 Å². The van der Waals surface area contributed by atoms with Crippen LogP contribution in [0.5, 0.6) is 0 Å². The van der Waals surface area contributed by atoms with E-state index >= 15 is 0 Å². The van der Waals surface area contributed by atoms with Crippen molar-refractivity contribution in [2.75, 3.05) is 38.0 Å².